The van der Waals surface area contributed by atoms with E-state index in [4.69, 9.17) is 5.26 Å². The number of piperidine rings is 1. The Balaban J connectivity index is 2.34. The van der Waals surface area contributed by atoms with E-state index in [1.165, 1.54) is 0 Å². The summed E-state index contributed by atoms with van der Waals surface area (Å²) in [4.78, 5) is 14.1. The van der Waals surface area contributed by atoms with Gasteiger partial charge in [0.1, 0.15) is 0 Å². The van der Waals surface area contributed by atoms with Gasteiger partial charge in [-0.3, -0.25) is 9.69 Å². The Morgan fingerprint density at radius 1 is 1.44 bits per heavy atom. The number of hydrogen-bond acceptors (Lipinski definition) is 3. The van der Waals surface area contributed by atoms with E-state index in [1.54, 1.807) is 0 Å². The standard InChI is InChI=1S/C14H23N3O/c1-11(9-15)10-17-7-5-12(6-8-17)16-13(18)14(2,3)4/h12H,1,5-8,10H2,2-4H3,(H,16,18). The van der Waals surface area contributed by atoms with Crippen molar-refractivity contribution < 1.29 is 4.79 Å². The van der Waals surface area contributed by atoms with Gasteiger partial charge in [-0.2, -0.15) is 5.26 Å². The number of amides is 1. The number of rotatable bonds is 3. The second-order valence-corrected chi connectivity index (χ2v) is 5.99. The average Bonchev–Trinajstić information content (AvgIpc) is 2.30. The maximum atomic E-state index is 11.9. The van der Waals surface area contributed by atoms with Gasteiger partial charge in [-0.1, -0.05) is 27.4 Å². The van der Waals surface area contributed by atoms with Crippen molar-refractivity contribution in [3.05, 3.63) is 12.2 Å². The van der Waals surface area contributed by atoms with Gasteiger partial charge in [0.2, 0.25) is 5.91 Å². The maximum Gasteiger partial charge on any atom is 0.225 e. The number of likely N-dealkylation sites (tertiary alicyclic amines) is 1. The zero-order chi connectivity index (χ0) is 13.8. The van der Waals surface area contributed by atoms with Crippen molar-refractivity contribution in [1.29, 1.82) is 5.26 Å². The van der Waals surface area contributed by atoms with Crippen LogP contribution in [0.1, 0.15) is 33.6 Å². The van der Waals surface area contributed by atoms with E-state index in [0.717, 1.165) is 25.9 Å². The Morgan fingerprint density at radius 3 is 2.44 bits per heavy atom. The van der Waals surface area contributed by atoms with Crippen LogP contribution < -0.4 is 5.32 Å². The van der Waals surface area contributed by atoms with Crippen LogP contribution in [0.4, 0.5) is 0 Å². The van der Waals surface area contributed by atoms with Crippen LogP contribution in [0.15, 0.2) is 12.2 Å². The van der Waals surface area contributed by atoms with Crippen LogP contribution in [0, 0.1) is 16.7 Å². The third kappa shape index (κ3) is 4.50. The number of hydrogen-bond donors (Lipinski definition) is 1. The number of nitriles is 1. The Bertz CT molecular complexity index is 354. The molecule has 18 heavy (non-hydrogen) atoms. The number of carbonyl (C=O) groups is 1. The fraction of sp³-hybridized carbons (Fsp3) is 0.714. The summed E-state index contributed by atoms with van der Waals surface area (Å²) in [5.41, 5.74) is 0.277. The maximum absolute atomic E-state index is 11.9. The monoisotopic (exact) mass is 249 g/mol. The molecule has 0 aromatic heterocycles. The van der Waals surface area contributed by atoms with Gasteiger partial charge in [-0.15, -0.1) is 0 Å². The van der Waals surface area contributed by atoms with Gasteiger partial charge >= 0.3 is 0 Å². The summed E-state index contributed by atoms with van der Waals surface area (Å²) < 4.78 is 0. The van der Waals surface area contributed by atoms with Crippen LogP contribution in [-0.2, 0) is 4.79 Å². The van der Waals surface area contributed by atoms with Crippen LogP contribution in [-0.4, -0.2) is 36.5 Å². The zero-order valence-electron chi connectivity index (χ0n) is 11.6. The van der Waals surface area contributed by atoms with Gasteiger partial charge in [0.25, 0.3) is 0 Å². The lowest BCUT2D eigenvalue weighted by molar-refractivity contribution is -0.129. The van der Waals surface area contributed by atoms with E-state index in [0.29, 0.717) is 12.1 Å². The molecule has 0 unspecified atom stereocenters. The number of nitrogens with zero attached hydrogens (tertiary/aromatic N) is 2. The first kappa shape index (κ1) is 14.7. The molecular weight excluding hydrogens is 226 g/mol. The molecule has 1 amide bonds. The smallest absolute Gasteiger partial charge is 0.225 e. The second kappa shape index (κ2) is 6.01. The van der Waals surface area contributed by atoms with Gasteiger partial charge in [-0.05, 0) is 12.8 Å². The van der Waals surface area contributed by atoms with E-state index in [9.17, 15) is 4.79 Å². The Labute approximate surface area is 110 Å². The first-order chi connectivity index (χ1) is 8.32. The predicted octanol–water partition coefficient (Wildman–Crippen LogP) is 1.69. The highest BCUT2D eigenvalue weighted by atomic mass is 16.2. The molecule has 1 fully saturated rings. The molecule has 1 N–H and O–H groups in total. The molecule has 1 aliphatic heterocycles. The molecule has 1 aliphatic rings. The van der Waals surface area contributed by atoms with Crippen LogP contribution in [0.2, 0.25) is 0 Å². The van der Waals surface area contributed by atoms with Crippen LogP contribution in [0.5, 0.6) is 0 Å². The first-order valence-electron chi connectivity index (χ1n) is 6.44. The molecular formula is C14H23N3O. The third-order valence-corrected chi connectivity index (χ3v) is 3.18. The molecule has 4 nitrogen and oxygen atoms in total. The van der Waals surface area contributed by atoms with E-state index in [-0.39, 0.29) is 17.4 Å². The highest BCUT2D eigenvalue weighted by Crippen LogP contribution is 2.16. The topological polar surface area (TPSA) is 56.1 Å². The minimum atomic E-state index is -0.327. The summed E-state index contributed by atoms with van der Waals surface area (Å²) in [6.45, 7) is 11.9. The first-order valence-corrected chi connectivity index (χ1v) is 6.44. The van der Waals surface area contributed by atoms with Crippen molar-refractivity contribution in [2.75, 3.05) is 19.6 Å². The summed E-state index contributed by atoms with van der Waals surface area (Å²) >= 11 is 0. The van der Waals surface area contributed by atoms with Crippen molar-refractivity contribution in [1.82, 2.24) is 10.2 Å². The molecule has 0 aromatic rings. The van der Waals surface area contributed by atoms with Gasteiger partial charge < -0.3 is 5.32 Å². The van der Waals surface area contributed by atoms with E-state index >= 15 is 0 Å². The molecule has 0 atom stereocenters. The lowest BCUT2D eigenvalue weighted by Crippen LogP contribution is -2.47. The third-order valence-electron chi connectivity index (χ3n) is 3.18. The Kier molecular flexibility index (Phi) is 4.92. The van der Waals surface area contributed by atoms with Crippen molar-refractivity contribution >= 4 is 5.91 Å². The largest absolute Gasteiger partial charge is 0.353 e. The molecule has 0 radical (unpaired) electrons. The average molecular weight is 249 g/mol. The molecule has 1 rings (SSSR count). The van der Waals surface area contributed by atoms with E-state index in [1.807, 2.05) is 20.8 Å². The molecule has 0 saturated carbocycles. The molecule has 4 heteroatoms. The van der Waals surface area contributed by atoms with E-state index < -0.39 is 0 Å². The van der Waals surface area contributed by atoms with Gasteiger partial charge in [0.05, 0.1) is 6.07 Å². The van der Waals surface area contributed by atoms with Crippen molar-refractivity contribution in [2.45, 2.75) is 39.7 Å². The van der Waals surface area contributed by atoms with Gasteiger partial charge in [0, 0.05) is 36.7 Å². The SMILES string of the molecule is C=C(C#N)CN1CCC(NC(=O)C(C)(C)C)CC1. The molecule has 1 heterocycles. The highest BCUT2D eigenvalue weighted by Gasteiger charge is 2.26. The minimum Gasteiger partial charge on any atom is -0.353 e. The summed E-state index contributed by atoms with van der Waals surface area (Å²) in [5.74, 6) is 0.113. The van der Waals surface area contributed by atoms with Crippen molar-refractivity contribution in [3.8, 4) is 6.07 Å². The number of carbonyl (C=O) groups excluding carboxylic acids is 1. The molecule has 0 spiro atoms. The quantitative estimate of drug-likeness (QED) is 0.774. The molecule has 1 saturated heterocycles. The molecule has 0 aromatic carbocycles. The Morgan fingerprint density at radius 2 is 2.00 bits per heavy atom. The van der Waals surface area contributed by atoms with Crippen molar-refractivity contribution in [2.24, 2.45) is 5.41 Å². The number of nitrogens with one attached hydrogen (secondary N) is 1. The summed E-state index contributed by atoms with van der Waals surface area (Å²) in [6.07, 6.45) is 1.89. The lowest BCUT2D eigenvalue weighted by Gasteiger charge is -2.33. The minimum absolute atomic E-state index is 0.113. The highest BCUT2D eigenvalue weighted by molar-refractivity contribution is 5.81. The van der Waals surface area contributed by atoms with Gasteiger partial charge in [-0.25, -0.2) is 0 Å². The van der Waals surface area contributed by atoms with Crippen LogP contribution in [0.25, 0.3) is 0 Å². The zero-order valence-corrected chi connectivity index (χ0v) is 11.6. The lowest BCUT2D eigenvalue weighted by atomic mass is 9.94. The predicted molar refractivity (Wildman–Crippen MR) is 71.8 cm³/mol. The molecule has 100 valence electrons. The fourth-order valence-electron chi connectivity index (χ4n) is 1.94. The van der Waals surface area contributed by atoms with Crippen LogP contribution >= 0.6 is 0 Å². The van der Waals surface area contributed by atoms with Crippen LogP contribution in [0.3, 0.4) is 0 Å². The Hall–Kier alpha value is -1.34. The summed E-state index contributed by atoms with van der Waals surface area (Å²) in [6, 6.07) is 2.34. The summed E-state index contributed by atoms with van der Waals surface area (Å²) in [5, 5.41) is 11.8. The summed E-state index contributed by atoms with van der Waals surface area (Å²) in [7, 11) is 0. The molecule has 0 aliphatic carbocycles. The van der Waals surface area contributed by atoms with E-state index in [2.05, 4.69) is 22.9 Å². The van der Waals surface area contributed by atoms with Gasteiger partial charge in [0.15, 0.2) is 0 Å². The molecule has 0 bridgehead atoms. The normalized spacial score (nSPS) is 18.1. The fourth-order valence-corrected chi connectivity index (χ4v) is 1.94. The van der Waals surface area contributed by atoms with Crippen molar-refractivity contribution in [3.63, 3.8) is 0 Å². The second-order valence-electron chi connectivity index (χ2n) is 5.99.